The molecule has 0 spiro atoms. The van der Waals surface area contributed by atoms with Gasteiger partial charge in [0.2, 0.25) is 0 Å². The van der Waals surface area contributed by atoms with E-state index >= 15 is 0 Å². The van der Waals surface area contributed by atoms with Crippen molar-refractivity contribution in [3.8, 4) is 5.75 Å². The van der Waals surface area contributed by atoms with Crippen LogP contribution >= 0.6 is 0 Å². The smallest absolute Gasteiger partial charge is 0.305 e. The Morgan fingerprint density at radius 1 is 1.02 bits per heavy atom. The summed E-state index contributed by atoms with van der Waals surface area (Å²) in [6, 6.07) is 8.46. The van der Waals surface area contributed by atoms with Gasteiger partial charge in [-0.1, -0.05) is 38.0 Å². The molecule has 0 bridgehead atoms. The van der Waals surface area contributed by atoms with Crippen LogP contribution in [0.5, 0.6) is 5.75 Å². The quantitative estimate of drug-likeness (QED) is 0.201. The van der Waals surface area contributed by atoms with Crippen LogP contribution in [-0.4, -0.2) is 35.7 Å². The van der Waals surface area contributed by atoms with Gasteiger partial charge in [-0.25, -0.2) is 0 Å². The molecular weight excluding hydrogens is 524 g/mol. The fraction of sp³-hybridized carbons (Fsp3) is 0.730. The van der Waals surface area contributed by atoms with E-state index in [1.54, 1.807) is 0 Å². The normalized spacial score (nSPS) is 35.5. The number of esters is 1. The average Bonchev–Trinajstić information content (AvgIpc) is 3.20. The molecule has 3 fully saturated rings. The van der Waals surface area contributed by atoms with Gasteiger partial charge in [-0.2, -0.15) is 0 Å². The highest BCUT2D eigenvalue weighted by molar-refractivity contribution is 5.91. The highest BCUT2D eigenvalue weighted by Crippen LogP contribution is 2.69. The molecule has 42 heavy (non-hydrogen) atoms. The van der Waals surface area contributed by atoms with Crippen LogP contribution in [0.3, 0.4) is 0 Å². The number of aliphatic hydroxyl groups is 1. The zero-order valence-electron chi connectivity index (χ0n) is 26.6. The molecule has 4 aliphatic carbocycles. The van der Waals surface area contributed by atoms with Gasteiger partial charge >= 0.3 is 5.97 Å². The molecule has 4 aliphatic rings. The summed E-state index contributed by atoms with van der Waals surface area (Å²) in [6.45, 7) is 9.82. The number of ether oxygens (including phenoxy) is 2. The van der Waals surface area contributed by atoms with Crippen LogP contribution in [0.25, 0.3) is 0 Å². The molecule has 5 heteroatoms. The maximum absolute atomic E-state index is 12.5. The van der Waals surface area contributed by atoms with Crippen molar-refractivity contribution in [2.24, 2.45) is 34.5 Å². The molecule has 0 aliphatic heterocycles. The minimum absolute atomic E-state index is 0.00767. The Morgan fingerprint density at radius 2 is 1.83 bits per heavy atom. The summed E-state index contributed by atoms with van der Waals surface area (Å²) >= 11 is 0. The molecule has 0 unspecified atom stereocenters. The van der Waals surface area contributed by atoms with Gasteiger partial charge in [0.25, 0.3) is 0 Å². The Bertz CT molecular complexity index is 1150. The lowest BCUT2D eigenvalue weighted by molar-refractivity contribution is -0.143. The van der Waals surface area contributed by atoms with Gasteiger partial charge < -0.3 is 14.6 Å². The maximum atomic E-state index is 12.5. The van der Waals surface area contributed by atoms with E-state index in [9.17, 15) is 14.7 Å². The van der Waals surface area contributed by atoms with Gasteiger partial charge in [-0.15, -0.1) is 0 Å². The number of benzene rings is 1. The van der Waals surface area contributed by atoms with Crippen molar-refractivity contribution in [2.45, 2.75) is 123 Å². The third-order valence-corrected chi connectivity index (χ3v) is 12.2. The highest BCUT2D eigenvalue weighted by Gasteiger charge is 2.64. The standard InChI is InChI=1S/C37H54O5/c1-5-41-33(39)15-8-9-22-42-30-14-10-12-26(23-30)11-6-7-13-27-24-28-25-29(38)16-19-35(28,2)31-17-20-36(3)32(34(27)31)18-21-37(36,4)40/h10,12,14,23,25,27,31-32,34,40H,5-9,11,13,15-22,24H2,1-4H3/t27-,31+,32+,34-,35+,36+,37+/m1/s1. The third kappa shape index (κ3) is 6.23. The number of hydrogen-bond donors (Lipinski definition) is 1. The lowest BCUT2D eigenvalue weighted by atomic mass is 9.44. The summed E-state index contributed by atoms with van der Waals surface area (Å²) in [5, 5.41) is 11.5. The van der Waals surface area contributed by atoms with Gasteiger partial charge in [0, 0.05) is 12.8 Å². The first-order chi connectivity index (χ1) is 20.1. The van der Waals surface area contributed by atoms with E-state index < -0.39 is 5.60 Å². The van der Waals surface area contributed by atoms with Crippen LogP contribution in [0.4, 0.5) is 0 Å². The Labute approximate surface area is 253 Å². The number of aryl methyl sites for hydroxylation is 1. The van der Waals surface area contributed by atoms with Crippen LogP contribution in [0.1, 0.15) is 117 Å². The average molecular weight is 579 g/mol. The molecule has 0 radical (unpaired) electrons. The predicted octanol–water partition coefficient (Wildman–Crippen LogP) is 8.02. The molecule has 0 amide bonds. The molecule has 5 nitrogen and oxygen atoms in total. The van der Waals surface area contributed by atoms with Gasteiger partial charge in [-0.05, 0) is 143 Å². The van der Waals surface area contributed by atoms with Crippen molar-refractivity contribution < 1.29 is 24.2 Å². The van der Waals surface area contributed by atoms with Crippen molar-refractivity contribution in [3.05, 3.63) is 41.5 Å². The fourth-order valence-corrected chi connectivity index (χ4v) is 9.57. The van der Waals surface area contributed by atoms with E-state index in [4.69, 9.17) is 9.47 Å². The summed E-state index contributed by atoms with van der Waals surface area (Å²) in [5.41, 5.74) is 2.34. The topological polar surface area (TPSA) is 72.8 Å². The van der Waals surface area contributed by atoms with E-state index in [-0.39, 0.29) is 16.8 Å². The predicted molar refractivity (Wildman–Crippen MR) is 166 cm³/mol. The first-order valence-electron chi connectivity index (χ1n) is 16.9. The molecule has 1 aromatic rings. The Kier molecular flexibility index (Phi) is 9.57. The lowest BCUT2D eigenvalue weighted by Gasteiger charge is -2.61. The first-order valence-corrected chi connectivity index (χ1v) is 16.9. The number of hydrogen-bond acceptors (Lipinski definition) is 5. The van der Waals surface area contributed by atoms with Gasteiger partial charge in [0.15, 0.2) is 5.78 Å². The minimum Gasteiger partial charge on any atom is -0.494 e. The van der Waals surface area contributed by atoms with E-state index in [1.165, 1.54) is 30.4 Å². The van der Waals surface area contributed by atoms with E-state index in [0.717, 1.165) is 63.5 Å². The Balaban J connectivity index is 1.18. The fourth-order valence-electron chi connectivity index (χ4n) is 9.57. The van der Waals surface area contributed by atoms with Crippen molar-refractivity contribution in [1.82, 2.24) is 0 Å². The number of carbonyl (C=O) groups is 2. The second-order valence-electron chi connectivity index (χ2n) is 14.6. The number of allylic oxidation sites excluding steroid dienone is 1. The van der Waals surface area contributed by atoms with Crippen LogP contribution in [0, 0.1) is 34.5 Å². The zero-order chi connectivity index (χ0) is 30.0. The molecule has 5 rings (SSSR count). The van der Waals surface area contributed by atoms with Gasteiger partial charge in [0.05, 0.1) is 18.8 Å². The van der Waals surface area contributed by atoms with Crippen molar-refractivity contribution >= 4 is 11.8 Å². The molecule has 232 valence electrons. The minimum atomic E-state index is -0.569. The highest BCUT2D eigenvalue weighted by atomic mass is 16.5. The van der Waals surface area contributed by atoms with E-state index in [2.05, 4.69) is 39.0 Å². The lowest BCUT2D eigenvalue weighted by Crippen LogP contribution is -2.56. The summed E-state index contributed by atoms with van der Waals surface area (Å²) < 4.78 is 11.0. The second-order valence-corrected chi connectivity index (χ2v) is 14.6. The van der Waals surface area contributed by atoms with Gasteiger partial charge in [0.1, 0.15) is 5.75 Å². The number of rotatable bonds is 12. The summed E-state index contributed by atoms with van der Waals surface area (Å²) in [7, 11) is 0. The SMILES string of the molecule is CCOC(=O)CCCCOc1cccc(CCCC[C@@H]2CC3=CC(=O)CC[C@]3(C)[C@H]3CC[C@@]4(C)[C@@H](CC[C@]4(C)O)[C@H]23)c1. The van der Waals surface area contributed by atoms with E-state index in [0.29, 0.717) is 55.5 Å². The van der Waals surface area contributed by atoms with Crippen molar-refractivity contribution in [2.75, 3.05) is 13.2 Å². The summed E-state index contributed by atoms with van der Waals surface area (Å²) in [6.07, 6.45) is 15.8. The number of carbonyl (C=O) groups excluding carboxylic acids is 2. The van der Waals surface area contributed by atoms with Crippen LogP contribution in [0.15, 0.2) is 35.9 Å². The maximum Gasteiger partial charge on any atom is 0.305 e. The molecule has 0 saturated heterocycles. The molecule has 0 aromatic heterocycles. The number of fused-ring (bicyclic) bond motifs is 5. The molecule has 1 aromatic carbocycles. The van der Waals surface area contributed by atoms with Crippen LogP contribution in [0.2, 0.25) is 0 Å². The molecular formula is C37H54O5. The largest absolute Gasteiger partial charge is 0.494 e. The Morgan fingerprint density at radius 3 is 2.64 bits per heavy atom. The molecule has 7 atom stereocenters. The molecule has 3 saturated carbocycles. The third-order valence-electron chi connectivity index (χ3n) is 12.2. The van der Waals surface area contributed by atoms with E-state index in [1.807, 2.05) is 19.1 Å². The van der Waals surface area contributed by atoms with Gasteiger partial charge in [-0.3, -0.25) is 9.59 Å². The van der Waals surface area contributed by atoms with Crippen LogP contribution in [-0.2, 0) is 20.7 Å². The zero-order valence-corrected chi connectivity index (χ0v) is 26.6. The molecule has 1 N–H and O–H groups in total. The number of ketones is 1. The number of unbranched alkanes of at least 4 members (excludes halogenated alkanes) is 2. The second kappa shape index (κ2) is 12.8. The van der Waals surface area contributed by atoms with Crippen LogP contribution < -0.4 is 4.74 Å². The first kappa shape index (κ1) is 31.3. The monoisotopic (exact) mass is 578 g/mol. The molecule has 0 heterocycles. The summed E-state index contributed by atoms with van der Waals surface area (Å²) in [4.78, 5) is 24.0. The summed E-state index contributed by atoms with van der Waals surface area (Å²) in [5.74, 6) is 3.56. The van der Waals surface area contributed by atoms with Crippen molar-refractivity contribution in [1.29, 1.82) is 0 Å². The Hall–Kier alpha value is -2.14. The van der Waals surface area contributed by atoms with Crippen molar-refractivity contribution in [3.63, 3.8) is 0 Å².